The molecule has 1 atom stereocenters. The van der Waals surface area contributed by atoms with Crippen molar-refractivity contribution in [2.75, 3.05) is 31.5 Å². The van der Waals surface area contributed by atoms with E-state index in [-0.39, 0.29) is 17.6 Å². The number of hydrogen-bond acceptors (Lipinski definition) is 4. The lowest BCUT2D eigenvalue weighted by molar-refractivity contribution is 0.114. The Labute approximate surface area is 175 Å². The zero-order valence-electron chi connectivity index (χ0n) is 17.6. The van der Waals surface area contributed by atoms with Crippen LogP contribution >= 0.6 is 0 Å². The smallest absolute Gasteiger partial charge is 0.321 e. The Morgan fingerprint density at radius 1 is 1.03 bits per heavy atom. The molecule has 1 aliphatic heterocycles. The Bertz CT molecular complexity index is 1110. The van der Waals surface area contributed by atoms with Crippen molar-refractivity contribution in [1.29, 1.82) is 0 Å². The summed E-state index contributed by atoms with van der Waals surface area (Å²) in [4.78, 5) is 34.2. The number of anilines is 1. The monoisotopic (exact) mass is 405 g/mol. The Morgan fingerprint density at radius 2 is 1.70 bits per heavy atom. The molecule has 1 aliphatic rings. The Kier molecular flexibility index (Phi) is 5.55. The largest absolute Gasteiger partial charge is 0.322 e. The highest BCUT2D eigenvalue weighted by Crippen LogP contribution is 2.21. The third-order valence-electron chi connectivity index (χ3n) is 5.84. The molecule has 156 valence electrons. The van der Waals surface area contributed by atoms with Crippen molar-refractivity contribution in [3.8, 4) is 0 Å². The first-order valence-corrected chi connectivity index (χ1v) is 10.3. The third-order valence-corrected chi connectivity index (χ3v) is 5.84. The summed E-state index contributed by atoms with van der Waals surface area (Å²) >= 11 is 0. The number of nitrogens with one attached hydrogen (secondary N) is 1. The van der Waals surface area contributed by atoms with E-state index in [1.54, 1.807) is 11.6 Å². The van der Waals surface area contributed by atoms with Crippen molar-refractivity contribution in [1.82, 2.24) is 19.4 Å². The molecule has 1 N–H and O–H groups in total. The van der Waals surface area contributed by atoms with Gasteiger partial charge >= 0.3 is 6.03 Å². The maximum Gasteiger partial charge on any atom is 0.321 e. The van der Waals surface area contributed by atoms with Crippen LogP contribution in [0.4, 0.5) is 10.5 Å². The Balaban J connectivity index is 1.43. The first kappa shape index (κ1) is 20.1. The fraction of sp³-hybridized carbons (Fsp3) is 0.348. The van der Waals surface area contributed by atoms with Crippen molar-refractivity contribution in [3.05, 3.63) is 70.3 Å². The van der Waals surface area contributed by atoms with Crippen LogP contribution in [0.15, 0.2) is 53.3 Å². The number of piperazine rings is 1. The fourth-order valence-corrected chi connectivity index (χ4v) is 3.92. The van der Waals surface area contributed by atoms with Gasteiger partial charge in [0.15, 0.2) is 0 Å². The predicted molar refractivity (Wildman–Crippen MR) is 119 cm³/mol. The second-order valence-electron chi connectivity index (χ2n) is 7.85. The first-order chi connectivity index (χ1) is 14.4. The lowest BCUT2D eigenvalue weighted by Crippen LogP contribution is -2.51. The summed E-state index contributed by atoms with van der Waals surface area (Å²) < 4.78 is 1.64. The number of fused-ring (bicyclic) bond motifs is 1. The summed E-state index contributed by atoms with van der Waals surface area (Å²) in [5.41, 5.74) is 2.65. The summed E-state index contributed by atoms with van der Waals surface area (Å²) in [6.07, 6.45) is 0. The van der Waals surface area contributed by atoms with Crippen LogP contribution in [0.5, 0.6) is 0 Å². The van der Waals surface area contributed by atoms with Crippen LogP contribution in [0.25, 0.3) is 10.9 Å². The molecule has 2 heterocycles. The van der Waals surface area contributed by atoms with Crippen LogP contribution < -0.4 is 10.9 Å². The zero-order chi connectivity index (χ0) is 21.3. The van der Waals surface area contributed by atoms with E-state index in [0.717, 1.165) is 35.7 Å². The molecule has 1 saturated heterocycles. The van der Waals surface area contributed by atoms with E-state index < -0.39 is 0 Å². The van der Waals surface area contributed by atoms with E-state index in [1.807, 2.05) is 60.4 Å². The summed E-state index contributed by atoms with van der Waals surface area (Å²) in [5.74, 6) is 0.747. The molecule has 3 aromatic rings. The maximum atomic E-state index is 12.7. The summed E-state index contributed by atoms with van der Waals surface area (Å²) in [6.45, 7) is 6.80. The van der Waals surface area contributed by atoms with Crippen LogP contribution in [-0.2, 0) is 7.05 Å². The minimum atomic E-state index is -0.0811. The predicted octanol–water partition coefficient (Wildman–Crippen LogP) is 3.15. The summed E-state index contributed by atoms with van der Waals surface area (Å²) in [7, 11) is 1.78. The molecule has 2 amide bonds. The topological polar surface area (TPSA) is 70.5 Å². The number of amides is 2. The molecule has 7 heteroatoms. The van der Waals surface area contributed by atoms with Gasteiger partial charge in [-0.25, -0.2) is 9.78 Å². The van der Waals surface area contributed by atoms with E-state index in [0.29, 0.717) is 18.5 Å². The van der Waals surface area contributed by atoms with Crippen molar-refractivity contribution in [3.63, 3.8) is 0 Å². The lowest BCUT2D eigenvalue weighted by atomic mass is 10.2. The van der Waals surface area contributed by atoms with Gasteiger partial charge in [-0.15, -0.1) is 0 Å². The molecule has 2 aromatic carbocycles. The average molecular weight is 406 g/mol. The molecule has 0 radical (unpaired) electrons. The molecule has 4 rings (SSSR count). The Hall–Kier alpha value is -3.19. The van der Waals surface area contributed by atoms with Crippen LogP contribution in [0.3, 0.4) is 0 Å². The normalized spacial score (nSPS) is 15.9. The van der Waals surface area contributed by atoms with Crippen molar-refractivity contribution in [2.24, 2.45) is 7.05 Å². The summed E-state index contributed by atoms with van der Waals surface area (Å²) in [6, 6.07) is 15.1. The number of urea groups is 1. The number of aromatic nitrogens is 2. The van der Waals surface area contributed by atoms with Crippen LogP contribution in [0.2, 0.25) is 0 Å². The average Bonchev–Trinajstić information content (AvgIpc) is 2.77. The second-order valence-corrected chi connectivity index (χ2v) is 7.85. The number of carbonyl (C=O) groups excluding carboxylic acids is 1. The van der Waals surface area contributed by atoms with E-state index >= 15 is 0 Å². The molecule has 0 saturated carbocycles. The van der Waals surface area contributed by atoms with Gasteiger partial charge in [-0.1, -0.05) is 29.8 Å². The second kappa shape index (κ2) is 8.28. The molecule has 1 unspecified atom stereocenters. The van der Waals surface area contributed by atoms with E-state index in [9.17, 15) is 9.59 Å². The van der Waals surface area contributed by atoms with Crippen LogP contribution in [0.1, 0.15) is 24.4 Å². The van der Waals surface area contributed by atoms with E-state index in [2.05, 4.69) is 17.1 Å². The van der Waals surface area contributed by atoms with Crippen LogP contribution in [0, 0.1) is 6.92 Å². The molecule has 30 heavy (non-hydrogen) atoms. The standard InChI is InChI=1S/C23H27N5O2/c1-16-8-10-18(11-9-16)24-23(30)28-14-12-27(13-15-28)17(2)21-25-20-7-5-4-6-19(20)22(29)26(21)3/h4-11,17H,12-15H2,1-3H3,(H,24,30). The van der Waals surface area contributed by atoms with Crippen molar-refractivity contribution >= 4 is 22.6 Å². The minimum absolute atomic E-state index is 0.0189. The highest BCUT2D eigenvalue weighted by molar-refractivity contribution is 5.89. The quantitative estimate of drug-likeness (QED) is 0.727. The van der Waals surface area contributed by atoms with Crippen LogP contribution in [-0.4, -0.2) is 51.6 Å². The molecule has 0 bridgehead atoms. The van der Waals surface area contributed by atoms with Gasteiger partial charge in [-0.3, -0.25) is 14.3 Å². The minimum Gasteiger partial charge on any atom is -0.322 e. The van der Waals surface area contributed by atoms with Crippen molar-refractivity contribution < 1.29 is 4.79 Å². The van der Waals surface area contributed by atoms with E-state index in [4.69, 9.17) is 4.98 Å². The molecular formula is C23H27N5O2. The van der Waals surface area contributed by atoms with Gasteiger partial charge < -0.3 is 10.2 Å². The zero-order valence-corrected chi connectivity index (χ0v) is 17.6. The number of hydrogen-bond donors (Lipinski definition) is 1. The van der Waals surface area contributed by atoms with Gasteiger partial charge in [0.1, 0.15) is 5.82 Å². The van der Waals surface area contributed by atoms with Gasteiger partial charge in [-0.2, -0.15) is 0 Å². The molecule has 1 fully saturated rings. The fourth-order valence-electron chi connectivity index (χ4n) is 3.92. The van der Waals surface area contributed by atoms with Gasteiger partial charge in [0.25, 0.3) is 5.56 Å². The number of benzene rings is 2. The lowest BCUT2D eigenvalue weighted by Gasteiger charge is -2.38. The molecule has 0 aliphatic carbocycles. The number of rotatable bonds is 3. The SMILES string of the molecule is Cc1ccc(NC(=O)N2CCN(C(C)c3nc4ccccc4c(=O)n3C)CC2)cc1. The molecule has 0 spiro atoms. The first-order valence-electron chi connectivity index (χ1n) is 10.3. The van der Waals surface area contributed by atoms with Gasteiger partial charge in [-0.05, 0) is 38.1 Å². The van der Waals surface area contributed by atoms with E-state index in [1.165, 1.54) is 0 Å². The van der Waals surface area contributed by atoms with Gasteiger partial charge in [0, 0.05) is 38.9 Å². The number of nitrogens with zero attached hydrogens (tertiary/aromatic N) is 4. The highest BCUT2D eigenvalue weighted by atomic mass is 16.2. The third kappa shape index (κ3) is 3.93. The number of carbonyl (C=O) groups is 1. The summed E-state index contributed by atoms with van der Waals surface area (Å²) in [5, 5.41) is 3.59. The van der Waals surface area contributed by atoms with Gasteiger partial charge in [0.05, 0.1) is 16.9 Å². The molecule has 1 aromatic heterocycles. The number of para-hydroxylation sites is 1. The van der Waals surface area contributed by atoms with Crippen molar-refractivity contribution in [2.45, 2.75) is 19.9 Å². The van der Waals surface area contributed by atoms with Gasteiger partial charge in [0.2, 0.25) is 0 Å². The molecule has 7 nitrogen and oxygen atoms in total. The number of aryl methyl sites for hydroxylation is 1. The Morgan fingerprint density at radius 3 is 2.40 bits per heavy atom. The molecular weight excluding hydrogens is 378 g/mol. The highest BCUT2D eigenvalue weighted by Gasteiger charge is 2.27. The maximum absolute atomic E-state index is 12.7.